The van der Waals surface area contributed by atoms with E-state index in [0.717, 1.165) is 12.4 Å². The maximum absolute atomic E-state index is 4.64. The molecule has 0 aromatic carbocycles. The molecule has 4 rings (SSSR count). The second kappa shape index (κ2) is 3.24. The molecule has 1 N–H and O–H groups in total. The summed E-state index contributed by atoms with van der Waals surface area (Å²) < 4.78 is 4.45. The summed E-state index contributed by atoms with van der Waals surface area (Å²) in [6, 6.07) is 0. The van der Waals surface area contributed by atoms with Gasteiger partial charge in [-0.2, -0.15) is 4.37 Å². The summed E-state index contributed by atoms with van der Waals surface area (Å²) in [5.74, 6) is 1.81. The van der Waals surface area contributed by atoms with Gasteiger partial charge in [0.15, 0.2) is 0 Å². The van der Waals surface area contributed by atoms with Crippen LogP contribution in [-0.2, 0) is 6.54 Å². The topological polar surface area (TPSA) is 41.1 Å². The van der Waals surface area contributed by atoms with Crippen LogP contribution in [0, 0.1) is 5.41 Å². The minimum Gasteiger partial charge on any atom is -0.315 e. The average molecular weight is 236 g/mol. The average Bonchev–Trinajstić information content (AvgIpc) is 2.90. The van der Waals surface area contributed by atoms with Crippen molar-refractivity contribution in [1.82, 2.24) is 19.6 Å². The molecule has 1 saturated carbocycles. The molecule has 3 heterocycles. The monoisotopic (exact) mass is 236 g/mol. The van der Waals surface area contributed by atoms with Crippen LogP contribution in [0.5, 0.6) is 0 Å². The second-order valence-electron chi connectivity index (χ2n) is 5.57. The standard InChI is InChI=1S/C11H16N4S/c1-2-8(1)10-13-9(16-14-10)3-15-6-11(7-15)4-12-5-11/h8,12H,1-7H2. The molecular weight excluding hydrogens is 220 g/mol. The van der Waals surface area contributed by atoms with Gasteiger partial charge >= 0.3 is 0 Å². The number of nitrogens with one attached hydrogen (secondary N) is 1. The van der Waals surface area contributed by atoms with Crippen LogP contribution in [0.25, 0.3) is 0 Å². The molecule has 86 valence electrons. The summed E-state index contributed by atoms with van der Waals surface area (Å²) in [5.41, 5.74) is 0.629. The highest BCUT2D eigenvalue weighted by atomic mass is 32.1. The van der Waals surface area contributed by atoms with Crippen molar-refractivity contribution in [3.05, 3.63) is 10.8 Å². The summed E-state index contributed by atoms with van der Waals surface area (Å²) in [6.45, 7) is 5.95. The smallest absolute Gasteiger partial charge is 0.145 e. The van der Waals surface area contributed by atoms with Crippen LogP contribution < -0.4 is 5.32 Å². The summed E-state index contributed by atoms with van der Waals surface area (Å²) >= 11 is 1.60. The molecule has 0 unspecified atom stereocenters. The van der Waals surface area contributed by atoms with Crippen LogP contribution in [-0.4, -0.2) is 40.4 Å². The minimum absolute atomic E-state index is 0.629. The van der Waals surface area contributed by atoms with Crippen molar-refractivity contribution in [1.29, 1.82) is 0 Å². The Bertz CT molecular complexity index is 400. The Kier molecular flexibility index (Phi) is 1.93. The first-order chi connectivity index (χ1) is 7.83. The number of hydrogen-bond acceptors (Lipinski definition) is 5. The van der Waals surface area contributed by atoms with Crippen LogP contribution in [0.1, 0.15) is 29.6 Å². The van der Waals surface area contributed by atoms with Crippen molar-refractivity contribution in [2.45, 2.75) is 25.3 Å². The highest BCUT2D eigenvalue weighted by Crippen LogP contribution is 2.39. The lowest BCUT2D eigenvalue weighted by molar-refractivity contribution is -0.0444. The summed E-state index contributed by atoms with van der Waals surface area (Å²) in [6.07, 6.45) is 2.60. The van der Waals surface area contributed by atoms with Crippen LogP contribution >= 0.6 is 11.5 Å². The molecule has 1 spiro atoms. The van der Waals surface area contributed by atoms with Gasteiger partial charge in [0, 0.05) is 37.5 Å². The van der Waals surface area contributed by atoms with Gasteiger partial charge in [-0.1, -0.05) is 0 Å². The third-order valence-electron chi connectivity index (χ3n) is 3.90. The van der Waals surface area contributed by atoms with E-state index in [9.17, 15) is 0 Å². The van der Waals surface area contributed by atoms with E-state index in [-0.39, 0.29) is 0 Å². The van der Waals surface area contributed by atoms with Gasteiger partial charge in [-0.05, 0) is 24.4 Å². The maximum Gasteiger partial charge on any atom is 0.145 e. The minimum atomic E-state index is 0.629. The van der Waals surface area contributed by atoms with Gasteiger partial charge in [-0.3, -0.25) is 4.90 Å². The van der Waals surface area contributed by atoms with Gasteiger partial charge in [-0.15, -0.1) is 0 Å². The molecule has 1 aromatic heterocycles. The molecule has 0 radical (unpaired) electrons. The number of rotatable bonds is 3. The van der Waals surface area contributed by atoms with Crippen molar-refractivity contribution >= 4 is 11.5 Å². The van der Waals surface area contributed by atoms with E-state index in [1.165, 1.54) is 44.0 Å². The van der Waals surface area contributed by atoms with E-state index >= 15 is 0 Å². The zero-order valence-corrected chi connectivity index (χ0v) is 10.1. The zero-order valence-electron chi connectivity index (χ0n) is 9.28. The van der Waals surface area contributed by atoms with E-state index in [1.807, 2.05) is 0 Å². The third-order valence-corrected chi connectivity index (χ3v) is 4.61. The number of nitrogens with zero attached hydrogens (tertiary/aromatic N) is 3. The Morgan fingerprint density at radius 1 is 1.38 bits per heavy atom. The van der Waals surface area contributed by atoms with Gasteiger partial charge in [-0.25, -0.2) is 4.98 Å². The van der Waals surface area contributed by atoms with Gasteiger partial charge in [0.1, 0.15) is 10.8 Å². The van der Waals surface area contributed by atoms with Gasteiger partial charge < -0.3 is 5.32 Å². The number of hydrogen-bond donors (Lipinski definition) is 1. The number of aromatic nitrogens is 2. The molecule has 2 saturated heterocycles. The lowest BCUT2D eigenvalue weighted by Crippen LogP contribution is -2.70. The van der Waals surface area contributed by atoms with Crippen LogP contribution in [0.15, 0.2) is 0 Å². The molecule has 5 heteroatoms. The van der Waals surface area contributed by atoms with Gasteiger partial charge in [0.05, 0.1) is 6.54 Å². The molecule has 0 atom stereocenters. The van der Waals surface area contributed by atoms with E-state index in [0.29, 0.717) is 11.3 Å². The van der Waals surface area contributed by atoms with Gasteiger partial charge in [0.2, 0.25) is 0 Å². The van der Waals surface area contributed by atoms with Crippen LogP contribution in [0.4, 0.5) is 0 Å². The summed E-state index contributed by atoms with van der Waals surface area (Å²) in [5, 5.41) is 4.58. The highest BCUT2D eigenvalue weighted by Gasteiger charge is 2.47. The predicted octanol–water partition coefficient (Wildman–Crippen LogP) is 0.821. The fourth-order valence-corrected chi connectivity index (χ4v) is 3.51. The molecule has 1 aliphatic carbocycles. The molecule has 3 fully saturated rings. The molecule has 16 heavy (non-hydrogen) atoms. The van der Waals surface area contributed by atoms with Gasteiger partial charge in [0.25, 0.3) is 0 Å². The van der Waals surface area contributed by atoms with Crippen LogP contribution in [0.2, 0.25) is 0 Å². The number of likely N-dealkylation sites (tertiary alicyclic amines) is 1. The molecular formula is C11H16N4S. The first-order valence-corrected chi connectivity index (χ1v) is 6.86. The van der Waals surface area contributed by atoms with E-state index in [2.05, 4.69) is 19.6 Å². The largest absolute Gasteiger partial charge is 0.315 e. The maximum atomic E-state index is 4.64. The summed E-state index contributed by atoms with van der Waals surface area (Å²) in [7, 11) is 0. The molecule has 3 aliphatic rings. The predicted molar refractivity (Wildman–Crippen MR) is 62.5 cm³/mol. The molecule has 0 amide bonds. The van der Waals surface area contributed by atoms with Crippen molar-refractivity contribution in [3.63, 3.8) is 0 Å². The Hall–Kier alpha value is -0.520. The van der Waals surface area contributed by atoms with Crippen molar-refractivity contribution in [2.75, 3.05) is 26.2 Å². The van der Waals surface area contributed by atoms with E-state index in [1.54, 1.807) is 11.5 Å². The molecule has 0 bridgehead atoms. The Balaban J connectivity index is 1.36. The lowest BCUT2D eigenvalue weighted by atomic mass is 9.74. The highest BCUT2D eigenvalue weighted by molar-refractivity contribution is 7.05. The van der Waals surface area contributed by atoms with E-state index in [4.69, 9.17) is 0 Å². The lowest BCUT2D eigenvalue weighted by Gasteiger charge is -2.56. The second-order valence-corrected chi connectivity index (χ2v) is 6.41. The summed E-state index contributed by atoms with van der Waals surface area (Å²) in [4.78, 5) is 7.13. The van der Waals surface area contributed by atoms with Crippen molar-refractivity contribution in [3.8, 4) is 0 Å². The fourth-order valence-electron chi connectivity index (χ4n) is 2.75. The van der Waals surface area contributed by atoms with E-state index < -0.39 is 0 Å². The first-order valence-electron chi connectivity index (χ1n) is 6.09. The third kappa shape index (κ3) is 1.49. The Morgan fingerprint density at radius 3 is 2.81 bits per heavy atom. The molecule has 2 aliphatic heterocycles. The SMILES string of the molecule is C1CC1c1nsc(CN2CC3(CNC3)C2)n1. The zero-order chi connectivity index (χ0) is 10.6. The van der Waals surface area contributed by atoms with Crippen molar-refractivity contribution < 1.29 is 0 Å². The molecule has 4 nitrogen and oxygen atoms in total. The quantitative estimate of drug-likeness (QED) is 0.843. The first kappa shape index (κ1) is 9.50. The van der Waals surface area contributed by atoms with Crippen molar-refractivity contribution in [2.24, 2.45) is 5.41 Å². The molecule has 1 aromatic rings. The van der Waals surface area contributed by atoms with Crippen LogP contribution in [0.3, 0.4) is 0 Å². The fraction of sp³-hybridized carbons (Fsp3) is 0.818. The Labute approximate surface area is 99.2 Å². The normalized spacial score (nSPS) is 27.8. The Morgan fingerprint density at radius 2 is 2.19 bits per heavy atom.